The molecule has 0 aliphatic carbocycles. The Hall–Kier alpha value is -2.89. The van der Waals surface area contributed by atoms with Crippen LogP contribution < -0.4 is 4.74 Å². The molecule has 0 unspecified atom stereocenters. The van der Waals surface area contributed by atoms with Crippen LogP contribution in [-0.2, 0) is 10.8 Å². The molecule has 0 N–H and O–H groups in total. The minimum absolute atomic E-state index is 0.0841. The fourth-order valence-corrected chi connectivity index (χ4v) is 2.31. The number of fused-ring (bicyclic) bond motifs is 1. The Bertz CT molecular complexity index is 1050. The summed E-state index contributed by atoms with van der Waals surface area (Å²) in [4.78, 5) is 3.60. The fraction of sp³-hybridized carbons (Fsp3) is 0.353. The molecule has 0 radical (unpaired) electrons. The highest BCUT2D eigenvalue weighted by atomic mass is 19.4. The lowest BCUT2D eigenvalue weighted by molar-refractivity contribution is -0.237. The number of aromatic nitrogens is 4. The Labute approximate surface area is 160 Å². The first-order valence-corrected chi connectivity index (χ1v) is 8.05. The van der Waals surface area contributed by atoms with Gasteiger partial charge in [0.25, 0.3) is 5.88 Å². The predicted octanol–water partition coefficient (Wildman–Crippen LogP) is 4.35. The van der Waals surface area contributed by atoms with Gasteiger partial charge in [-0.2, -0.15) is 22.0 Å². The minimum atomic E-state index is -4.75. The van der Waals surface area contributed by atoms with E-state index >= 15 is 0 Å². The summed E-state index contributed by atoms with van der Waals surface area (Å²) in [6, 6.07) is 3.68. The number of hydrogen-bond acceptors (Lipinski definition) is 5. The van der Waals surface area contributed by atoms with Gasteiger partial charge in [-0.05, 0) is 32.0 Å². The van der Waals surface area contributed by atoms with E-state index in [1.165, 1.54) is 18.3 Å². The summed E-state index contributed by atoms with van der Waals surface area (Å²) in [7, 11) is 0.797. The zero-order valence-electron chi connectivity index (χ0n) is 15.3. The lowest BCUT2D eigenvalue weighted by Crippen LogP contribution is -2.45. The average Bonchev–Trinajstić information content (AvgIpc) is 3.06. The van der Waals surface area contributed by atoms with Crippen LogP contribution in [0.4, 0.5) is 26.3 Å². The molecule has 0 saturated carbocycles. The van der Waals surface area contributed by atoms with E-state index in [1.807, 2.05) is 0 Å². The van der Waals surface area contributed by atoms with Crippen molar-refractivity contribution in [1.29, 1.82) is 0 Å². The van der Waals surface area contributed by atoms with E-state index in [0.29, 0.717) is 0 Å². The van der Waals surface area contributed by atoms with Gasteiger partial charge in [-0.25, -0.2) is 9.37 Å². The maximum Gasteiger partial charge on any atom is 0.427 e. The van der Waals surface area contributed by atoms with E-state index in [0.717, 1.165) is 37.6 Å². The molecule has 0 atom stereocenters. The van der Waals surface area contributed by atoms with E-state index in [2.05, 4.69) is 24.7 Å². The second kappa shape index (κ2) is 6.87. The topological polar surface area (TPSA) is 61.5 Å². The second-order valence-electron chi connectivity index (χ2n) is 6.51. The van der Waals surface area contributed by atoms with Crippen LogP contribution in [0.5, 0.6) is 5.88 Å². The highest BCUT2D eigenvalue weighted by Gasteiger charge is 2.50. The van der Waals surface area contributed by atoms with Crippen molar-refractivity contribution in [2.24, 2.45) is 0 Å². The molecule has 0 fully saturated rings. The number of methoxy groups -OCH3 is 1. The molecule has 3 rings (SSSR count). The van der Waals surface area contributed by atoms with Gasteiger partial charge in [0, 0.05) is 30.6 Å². The zero-order valence-corrected chi connectivity index (χ0v) is 15.3. The molecule has 0 spiro atoms. The Morgan fingerprint density at radius 1 is 1.00 bits per heavy atom. The van der Waals surface area contributed by atoms with Crippen molar-refractivity contribution in [3.63, 3.8) is 0 Å². The summed E-state index contributed by atoms with van der Waals surface area (Å²) in [5.41, 5.74) is -2.23. The molecule has 3 aromatic heterocycles. The van der Waals surface area contributed by atoms with Crippen LogP contribution in [0.25, 0.3) is 16.8 Å². The molecular weight excluding hydrogens is 406 g/mol. The molecule has 0 bridgehead atoms. The third-order valence-corrected chi connectivity index (χ3v) is 4.09. The van der Waals surface area contributed by atoms with Gasteiger partial charge in [-0.1, -0.05) is 0 Å². The summed E-state index contributed by atoms with van der Waals surface area (Å²) in [6.07, 6.45) is -6.20. The standard InChI is InChI=1S/C17H14F6N4O2/c1-15(2,17(21,22)23)29-13-11(18)6-10(7-24-13)9-4-5-12-25-26-14(27(12)8-9)16(19,20)28-3/h4-8H,1-3H3. The van der Waals surface area contributed by atoms with Crippen molar-refractivity contribution < 1.29 is 35.8 Å². The number of ether oxygens (including phenoxy) is 2. The van der Waals surface area contributed by atoms with Crippen molar-refractivity contribution in [3.8, 4) is 17.0 Å². The number of pyridine rings is 2. The highest BCUT2D eigenvalue weighted by molar-refractivity contribution is 5.64. The van der Waals surface area contributed by atoms with Crippen LogP contribution in [0.2, 0.25) is 0 Å². The smallest absolute Gasteiger partial charge is 0.427 e. The first kappa shape index (κ1) is 20.8. The summed E-state index contributed by atoms with van der Waals surface area (Å²) in [6.45, 7) is 1.47. The molecule has 156 valence electrons. The average molecular weight is 420 g/mol. The molecule has 0 amide bonds. The van der Waals surface area contributed by atoms with E-state index in [9.17, 15) is 26.3 Å². The van der Waals surface area contributed by atoms with Crippen LogP contribution in [0.1, 0.15) is 19.7 Å². The van der Waals surface area contributed by atoms with Gasteiger partial charge >= 0.3 is 12.3 Å². The number of halogens is 6. The quantitative estimate of drug-likeness (QED) is 0.575. The molecule has 0 aliphatic rings. The van der Waals surface area contributed by atoms with Gasteiger partial charge in [0.05, 0.1) is 0 Å². The fourth-order valence-electron chi connectivity index (χ4n) is 2.31. The van der Waals surface area contributed by atoms with Gasteiger partial charge in [0.2, 0.25) is 5.82 Å². The van der Waals surface area contributed by atoms with E-state index < -0.39 is 35.4 Å². The Kier molecular flexibility index (Phi) is 4.93. The number of rotatable bonds is 5. The largest absolute Gasteiger partial charge is 0.460 e. The lowest BCUT2D eigenvalue weighted by Gasteiger charge is -2.28. The predicted molar refractivity (Wildman–Crippen MR) is 87.8 cm³/mol. The van der Waals surface area contributed by atoms with Gasteiger partial charge in [-0.15, -0.1) is 10.2 Å². The van der Waals surface area contributed by atoms with E-state index in [-0.39, 0.29) is 16.8 Å². The van der Waals surface area contributed by atoms with E-state index in [4.69, 9.17) is 0 Å². The minimum Gasteiger partial charge on any atom is -0.460 e. The molecule has 0 aliphatic heterocycles. The van der Waals surface area contributed by atoms with Crippen LogP contribution >= 0.6 is 0 Å². The molecule has 6 nitrogen and oxygen atoms in total. The third-order valence-electron chi connectivity index (χ3n) is 4.09. The zero-order chi connectivity index (χ0) is 21.6. The van der Waals surface area contributed by atoms with Crippen molar-refractivity contribution in [2.75, 3.05) is 7.11 Å². The second-order valence-corrected chi connectivity index (χ2v) is 6.51. The van der Waals surface area contributed by atoms with Gasteiger partial charge < -0.3 is 9.47 Å². The molecule has 0 saturated heterocycles. The van der Waals surface area contributed by atoms with Crippen molar-refractivity contribution in [2.45, 2.75) is 31.7 Å². The molecular formula is C17H14F6N4O2. The van der Waals surface area contributed by atoms with Gasteiger partial charge in [0.1, 0.15) is 0 Å². The van der Waals surface area contributed by atoms with Crippen LogP contribution in [-0.4, -0.2) is 38.5 Å². The summed E-state index contributed by atoms with van der Waals surface area (Å²) >= 11 is 0. The first-order valence-electron chi connectivity index (χ1n) is 8.05. The van der Waals surface area contributed by atoms with Crippen molar-refractivity contribution in [1.82, 2.24) is 19.6 Å². The van der Waals surface area contributed by atoms with Crippen molar-refractivity contribution >= 4 is 5.65 Å². The first-order chi connectivity index (χ1) is 13.4. The maximum atomic E-state index is 14.3. The molecule has 3 aromatic rings. The summed E-state index contributed by atoms with van der Waals surface area (Å²) in [5, 5.41) is 6.99. The van der Waals surface area contributed by atoms with Gasteiger partial charge in [-0.3, -0.25) is 4.40 Å². The van der Waals surface area contributed by atoms with Crippen LogP contribution in [0.3, 0.4) is 0 Å². The number of alkyl halides is 5. The van der Waals surface area contributed by atoms with E-state index in [1.54, 1.807) is 0 Å². The number of hydrogen-bond donors (Lipinski definition) is 0. The lowest BCUT2D eigenvalue weighted by atomic mass is 10.1. The normalized spacial score (nSPS) is 13.1. The highest BCUT2D eigenvalue weighted by Crippen LogP contribution is 2.35. The number of nitrogens with zero attached hydrogens (tertiary/aromatic N) is 4. The van der Waals surface area contributed by atoms with Crippen molar-refractivity contribution in [3.05, 3.63) is 42.2 Å². The Morgan fingerprint density at radius 2 is 1.69 bits per heavy atom. The SMILES string of the molecule is COC(F)(F)c1nnc2ccc(-c3cnc(OC(C)(C)C(F)(F)F)c(F)c3)cn12. The summed E-state index contributed by atoms with van der Waals surface area (Å²) < 4.78 is 90.4. The monoisotopic (exact) mass is 420 g/mol. The van der Waals surface area contributed by atoms with Gasteiger partial charge in [0.15, 0.2) is 17.1 Å². The molecule has 12 heteroatoms. The maximum absolute atomic E-state index is 14.3. The molecule has 3 heterocycles. The van der Waals surface area contributed by atoms with Crippen LogP contribution in [0.15, 0.2) is 30.6 Å². The third kappa shape index (κ3) is 3.84. The van der Waals surface area contributed by atoms with Crippen LogP contribution in [0, 0.1) is 5.82 Å². The molecule has 0 aromatic carbocycles. The Morgan fingerprint density at radius 3 is 2.28 bits per heavy atom. The Balaban J connectivity index is 1.98. The summed E-state index contributed by atoms with van der Waals surface area (Å²) in [5.74, 6) is -2.78. The molecule has 29 heavy (non-hydrogen) atoms.